The minimum absolute atomic E-state index is 0.0673. The van der Waals surface area contributed by atoms with Crippen molar-refractivity contribution in [2.75, 3.05) is 0 Å². The first-order valence-electron chi connectivity index (χ1n) is 6.98. The summed E-state index contributed by atoms with van der Waals surface area (Å²) in [5, 5.41) is 10.0. The molecule has 3 rings (SSSR count). The van der Waals surface area contributed by atoms with Crippen molar-refractivity contribution in [1.29, 1.82) is 0 Å². The quantitative estimate of drug-likeness (QED) is 0.885. The third-order valence-corrected chi connectivity index (χ3v) is 3.67. The van der Waals surface area contributed by atoms with Gasteiger partial charge in [-0.1, -0.05) is 60.2 Å². The van der Waals surface area contributed by atoms with Crippen molar-refractivity contribution in [3.05, 3.63) is 77.0 Å². The SMILES string of the molecule is Cc1ccc(CN2C(=O)C(O)=C(c3ccccc3)C2=O)cc1. The molecule has 1 aliphatic rings. The molecule has 4 nitrogen and oxygen atoms in total. The van der Waals surface area contributed by atoms with Crippen molar-refractivity contribution in [1.82, 2.24) is 4.90 Å². The lowest BCUT2D eigenvalue weighted by Gasteiger charge is -2.14. The maximum absolute atomic E-state index is 12.5. The molecular formula is C18H15NO3. The van der Waals surface area contributed by atoms with Crippen LogP contribution in [-0.2, 0) is 16.1 Å². The van der Waals surface area contributed by atoms with E-state index in [9.17, 15) is 14.7 Å². The number of carbonyl (C=O) groups is 2. The van der Waals surface area contributed by atoms with Crippen molar-refractivity contribution in [3.63, 3.8) is 0 Å². The van der Waals surface area contributed by atoms with Crippen molar-refractivity contribution < 1.29 is 14.7 Å². The largest absolute Gasteiger partial charge is 0.502 e. The Labute approximate surface area is 128 Å². The lowest BCUT2D eigenvalue weighted by molar-refractivity contribution is -0.138. The second-order valence-corrected chi connectivity index (χ2v) is 5.27. The van der Waals surface area contributed by atoms with E-state index in [1.807, 2.05) is 37.3 Å². The average Bonchev–Trinajstić information content (AvgIpc) is 2.74. The van der Waals surface area contributed by atoms with Crippen LogP contribution in [0, 0.1) is 6.92 Å². The number of aliphatic hydroxyl groups excluding tert-OH is 1. The Morgan fingerprint density at radius 1 is 0.909 bits per heavy atom. The highest BCUT2D eigenvalue weighted by Crippen LogP contribution is 2.28. The number of carbonyl (C=O) groups excluding carboxylic acids is 2. The fourth-order valence-electron chi connectivity index (χ4n) is 2.45. The molecule has 110 valence electrons. The molecule has 0 aliphatic carbocycles. The Hall–Kier alpha value is -2.88. The van der Waals surface area contributed by atoms with E-state index >= 15 is 0 Å². The summed E-state index contributed by atoms with van der Waals surface area (Å²) in [6, 6.07) is 16.3. The smallest absolute Gasteiger partial charge is 0.296 e. The van der Waals surface area contributed by atoms with E-state index in [1.54, 1.807) is 24.3 Å². The minimum atomic E-state index is -0.649. The van der Waals surface area contributed by atoms with Crippen molar-refractivity contribution >= 4 is 17.4 Å². The van der Waals surface area contributed by atoms with E-state index in [1.165, 1.54) is 0 Å². The van der Waals surface area contributed by atoms with Crippen LogP contribution >= 0.6 is 0 Å². The summed E-state index contributed by atoms with van der Waals surface area (Å²) in [7, 11) is 0. The Bertz CT molecular complexity index is 761. The summed E-state index contributed by atoms with van der Waals surface area (Å²) in [6.07, 6.45) is 0. The van der Waals surface area contributed by atoms with Crippen LogP contribution < -0.4 is 0 Å². The molecule has 0 saturated heterocycles. The van der Waals surface area contributed by atoms with Gasteiger partial charge in [0.2, 0.25) is 0 Å². The molecule has 0 bridgehead atoms. The second-order valence-electron chi connectivity index (χ2n) is 5.27. The summed E-state index contributed by atoms with van der Waals surface area (Å²) >= 11 is 0. The molecule has 0 aromatic heterocycles. The van der Waals surface area contributed by atoms with Gasteiger partial charge in [0.1, 0.15) is 0 Å². The lowest BCUT2D eigenvalue weighted by Crippen LogP contribution is -2.31. The molecule has 1 heterocycles. The zero-order valence-corrected chi connectivity index (χ0v) is 12.1. The molecular weight excluding hydrogens is 278 g/mol. The topological polar surface area (TPSA) is 57.6 Å². The molecule has 0 saturated carbocycles. The van der Waals surface area contributed by atoms with Gasteiger partial charge in [-0.15, -0.1) is 0 Å². The minimum Gasteiger partial charge on any atom is -0.502 e. The van der Waals surface area contributed by atoms with E-state index in [2.05, 4.69) is 0 Å². The number of hydrogen-bond acceptors (Lipinski definition) is 3. The lowest BCUT2D eigenvalue weighted by atomic mass is 10.1. The number of rotatable bonds is 3. The molecule has 0 unspecified atom stereocenters. The van der Waals surface area contributed by atoms with E-state index in [-0.39, 0.29) is 12.1 Å². The highest BCUT2D eigenvalue weighted by molar-refractivity contribution is 6.34. The van der Waals surface area contributed by atoms with Crippen LogP contribution in [0.2, 0.25) is 0 Å². The zero-order valence-electron chi connectivity index (χ0n) is 12.1. The number of nitrogens with zero attached hydrogens (tertiary/aromatic N) is 1. The number of amides is 2. The molecule has 2 amide bonds. The predicted molar refractivity (Wildman–Crippen MR) is 82.7 cm³/mol. The molecule has 0 radical (unpaired) electrons. The fourth-order valence-corrected chi connectivity index (χ4v) is 2.45. The van der Waals surface area contributed by atoms with Crippen molar-refractivity contribution in [2.45, 2.75) is 13.5 Å². The van der Waals surface area contributed by atoms with Crippen molar-refractivity contribution in [3.8, 4) is 0 Å². The number of hydrogen-bond donors (Lipinski definition) is 1. The van der Waals surface area contributed by atoms with Crippen molar-refractivity contribution in [2.24, 2.45) is 0 Å². The van der Waals surface area contributed by atoms with Crippen LogP contribution in [0.5, 0.6) is 0 Å². The van der Waals surface area contributed by atoms with E-state index < -0.39 is 17.6 Å². The molecule has 0 atom stereocenters. The molecule has 22 heavy (non-hydrogen) atoms. The first-order valence-corrected chi connectivity index (χ1v) is 6.98. The van der Waals surface area contributed by atoms with Gasteiger partial charge in [-0.05, 0) is 18.1 Å². The van der Waals surface area contributed by atoms with Crippen LogP contribution in [0.25, 0.3) is 5.57 Å². The maximum atomic E-state index is 12.5. The number of benzene rings is 2. The standard InChI is InChI=1S/C18H15NO3/c1-12-7-9-13(10-8-12)11-19-17(21)15(16(20)18(19)22)14-5-3-2-4-6-14/h2-10,20H,11H2,1H3. The third kappa shape index (κ3) is 2.39. The highest BCUT2D eigenvalue weighted by atomic mass is 16.3. The van der Waals surface area contributed by atoms with Crippen LogP contribution in [0.3, 0.4) is 0 Å². The predicted octanol–water partition coefficient (Wildman–Crippen LogP) is 2.83. The van der Waals surface area contributed by atoms with Gasteiger partial charge >= 0.3 is 0 Å². The summed E-state index contributed by atoms with van der Waals surface area (Å²) < 4.78 is 0. The van der Waals surface area contributed by atoms with E-state index in [0.29, 0.717) is 5.56 Å². The Balaban J connectivity index is 1.89. The zero-order chi connectivity index (χ0) is 15.7. The summed E-state index contributed by atoms with van der Waals surface area (Å²) in [6.45, 7) is 2.12. The van der Waals surface area contributed by atoms with Gasteiger partial charge in [0.05, 0.1) is 12.1 Å². The Morgan fingerprint density at radius 3 is 2.18 bits per heavy atom. The molecule has 2 aromatic carbocycles. The van der Waals surface area contributed by atoms with Crippen LogP contribution in [-0.4, -0.2) is 21.8 Å². The van der Waals surface area contributed by atoms with Crippen LogP contribution in [0.4, 0.5) is 0 Å². The first kappa shape index (κ1) is 14.1. The third-order valence-electron chi connectivity index (χ3n) is 3.67. The maximum Gasteiger partial charge on any atom is 0.296 e. The van der Waals surface area contributed by atoms with Crippen LogP contribution in [0.1, 0.15) is 16.7 Å². The number of imide groups is 1. The summed E-state index contributed by atoms with van der Waals surface area (Å²) in [5.41, 5.74) is 2.56. The first-order chi connectivity index (χ1) is 10.6. The number of aliphatic hydroxyl groups is 1. The van der Waals surface area contributed by atoms with Crippen LogP contribution in [0.15, 0.2) is 60.4 Å². The summed E-state index contributed by atoms with van der Waals surface area (Å²) in [5.74, 6) is -1.60. The molecule has 0 spiro atoms. The molecule has 1 N–H and O–H groups in total. The second kappa shape index (κ2) is 5.48. The number of aryl methyl sites for hydroxylation is 1. The molecule has 2 aromatic rings. The summed E-state index contributed by atoms with van der Waals surface area (Å²) in [4.78, 5) is 25.7. The highest BCUT2D eigenvalue weighted by Gasteiger charge is 2.38. The average molecular weight is 293 g/mol. The van der Waals surface area contributed by atoms with Gasteiger partial charge in [0, 0.05) is 0 Å². The van der Waals surface area contributed by atoms with E-state index in [0.717, 1.165) is 16.0 Å². The van der Waals surface area contributed by atoms with Gasteiger partial charge in [-0.25, -0.2) is 0 Å². The normalized spacial score (nSPS) is 14.9. The van der Waals surface area contributed by atoms with Gasteiger partial charge in [0.15, 0.2) is 5.76 Å². The fraction of sp³-hybridized carbons (Fsp3) is 0.111. The van der Waals surface area contributed by atoms with E-state index in [4.69, 9.17) is 0 Å². The van der Waals surface area contributed by atoms with Gasteiger partial charge in [0.25, 0.3) is 11.8 Å². The molecule has 4 heteroatoms. The Morgan fingerprint density at radius 2 is 1.55 bits per heavy atom. The van der Waals surface area contributed by atoms with Gasteiger partial charge < -0.3 is 5.11 Å². The Kier molecular flexibility index (Phi) is 3.51. The molecule has 0 fully saturated rings. The van der Waals surface area contributed by atoms with Gasteiger partial charge in [-0.3, -0.25) is 14.5 Å². The van der Waals surface area contributed by atoms with Gasteiger partial charge in [-0.2, -0.15) is 0 Å². The molecule has 1 aliphatic heterocycles. The monoisotopic (exact) mass is 293 g/mol.